The summed E-state index contributed by atoms with van der Waals surface area (Å²) in [4.78, 5) is 37.0. The highest BCUT2D eigenvalue weighted by molar-refractivity contribution is 7.14. The first kappa shape index (κ1) is 29.5. The fourth-order valence-corrected chi connectivity index (χ4v) is 5.96. The monoisotopic (exact) mass is 611 g/mol. The predicted octanol–water partition coefficient (Wildman–Crippen LogP) is 5.52. The van der Waals surface area contributed by atoms with Crippen LogP contribution in [0.15, 0.2) is 54.0 Å². The summed E-state index contributed by atoms with van der Waals surface area (Å²) in [7, 11) is 1.55. The minimum atomic E-state index is -0.882. The van der Waals surface area contributed by atoms with Crippen molar-refractivity contribution in [1.29, 1.82) is 0 Å². The minimum Gasteiger partial charge on any atom is -0.494 e. The summed E-state index contributed by atoms with van der Waals surface area (Å²) < 4.78 is 26.0. The molecule has 5 rings (SSSR count). The Morgan fingerprint density at radius 3 is 2.67 bits per heavy atom. The molecule has 2 amide bonds. The van der Waals surface area contributed by atoms with Gasteiger partial charge in [0.2, 0.25) is 17.7 Å². The SMILES string of the molecule is COc1cnc(O[C@@H]2C[C@@H](C(N)=O)N(C(=O)[C@@H](Nc3nc(-c4ccccc4F)cs3)C(C)(C)C)C2)c2cc(Cl)ccc12. The highest BCUT2D eigenvalue weighted by Crippen LogP contribution is 2.36. The van der Waals surface area contributed by atoms with Crippen molar-refractivity contribution in [2.75, 3.05) is 19.0 Å². The Hall–Kier alpha value is -3.96. The quantitative estimate of drug-likeness (QED) is 0.269. The van der Waals surface area contributed by atoms with Crippen LogP contribution in [0.3, 0.4) is 0 Å². The van der Waals surface area contributed by atoms with Crippen LogP contribution in [-0.2, 0) is 9.59 Å². The molecule has 3 atom stereocenters. The van der Waals surface area contributed by atoms with Crippen LogP contribution in [0.2, 0.25) is 5.02 Å². The van der Waals surface area contributed by atoms with Crippen molar-refractivity contribution < 1.29 is 23.5 Å². The van der Waals surface area contributed by atoms with Crippen LogP contribution < -0.4 is 20.5 Å². The normalized spacial score (nSPS) is 17.7. The van der Waals surface area contributed by atoms with E-state index in [0.29, 0.717) is 38.4 Å². The number of methoxy groups -OCH3 is 1. The van der Waals surface area contributed by atoms with E-state index >= 15 is 0 Å². The van der Waals surface area contributed by atoms with Gasteiger partial charge >= 0.3 is 0 Å². The molecule has 0 bridgehead atoms. The van der Waals surface area contributed by atoms with Gasteiger partial charge in [-0.2, -0.15) is 0 Å². The van der Waals surface area contributed by atoms with Crippen LogP contribution in [0, 0.1) is 11.2 Å². The number of anilines is 1. The number of thiazole rings is 1. The molecule has 9 nitrogen and oxygen atoms in total. The van der Waals surface area contributed by atoms with Crippen LogP contribution in [0.25, 0.3) is 22.0 Å². The molecular formula is C30H31ClFN5O4S. The number of rotatable bonds is 8. The molecule has 2 aromatic heterocycles. The molecule has 0 saturated carbocycles. The molecule has 1 fully saturated rings. The molecule has 4 aromatic rings. The van der Waals surface area contributed by atoms with Gasteiger partial charge in [-0.15, -0.1) is 11.3 Å². The number of nitrogens with zero attached hydrogens (tertiary/aromatic N) is 3. The number of aromatic nitrogens is 2. The number of benzene rings is 2. The Balaban J connectivity index is 1.39. The molecule has 1 aliphatic heterocycles. The lowest BCUT2D eigenvalue weighted by molar-refractivity contribution is -0.139. The van der Waals surface area contributed by atoms with Gasteiger partial charge in [0.15, 0.2) is 5.13 Å². The summed E-state index contributed by atoms with van der Waals surface area (Å²) in [5.74, 6) is -0.465. The smallest absolute Gasteiger partial charge is 0.246 e. The molecule has 1 aliphatic rings. The molecule has 3 heterocycles. The second kappa shape index (κ2) is 11.7. The third-order valence-corrected chi connectivity index (χ3v) is 8.19. The summed E-state index contributed by atoms with van der Waals surface area (Å²) in [6.07, 6.45) is 1.20. The van der Waals surface area contributed by atoms with Crippen molar-refractivity contribution in [3.05, 3.63) is 64.9 Å². The molecule has 12 heteroatoms. The van der Waals surface area contributed by atoms with E-state index in [9.17, 15) is 14.0 Å². The Kier molecular flexibility index (Phi) is 8.25. The summed E-state index contributed by atoms with van der Waals surface area (Å²) in [5, 5.41) is 7.33. The Morgan fingerprint density at radius 1 is 1.21 bits per heavy atom. The predicted molar refractivity (Wildman–Crippen MR) is 161 cm³/mol. The van der Waals surface area contributed by atoms with Crippen molar-refractivity contribution in [3.8, 4) is 22.9 Å². The summed E-state index contributed by atoms with van der Waals surface area (Å²) in [6.45, 7) is 5.85. The van der Waals surface area contributed by atoms with Crippen LogP contribution >= 0.6 is 22.9 Å². The molecule has 0 aliphatic carbocycles. The highest BCUT2D eigenvalue weighted by Gasteiger charge is 2.45. The number of amides is 2. The minimum absolute atomic E-state index is 0.120. The topological polar surface area (TPSA) is 120 Å². The zero-order valence-electron chi connectivity index (χ0n) is 23.6. The van der Waals surface area contributed by atoms with Gasteiger partial charge in [0, 0.05) is 33.2 Å². The average Bonchev–Trinajstić information content (AvgIpc) is 3.59. The average molecular weight is 612 g/mol. The number of primary amides is 1. The van der Waals surface area contributed by atoms with Crippen LogP contribution in [0.1, 0.15) is 27.2 Å². The largest absolute Gasteiger partial charge is 0.494 e. The first-order valence-corrected chi connectivity index (χ1v) is 14.6. The summed E-state index contributed by atoms with van der Waals surface area (Å²) in [6, 6.07) is 10.0. The zero-order chi connectivity index (χ0) is 30.2. The van der Waals surface area contributed by atoms with Crippen molar-refractivity contribution in [2.24, 2.45) is 11.1 Å². The van der Waals surface area contributed by atoms with Gasteiger partial charge in [-0.3, -0.25) is 9.59 Å². The molecule has 220 valence electrons. The molecule has 2 aromatic carbocycles. The van der Waals surface area contributed by atoms with Crippen molar-refractivity contribution in [3.63, 3.8) is 0 Å². The van der Waals surface area contributed by atoms with Crippen LogP contribution in [0.5, 0.6) is 11.6 Å². The summed E-state index contributed by atoms with van der Waals surface area (Å²) in [5.41, 5.74) is 6.03. The highest BCUT2D eigenvalue weighted by atomic mass is 35.5. The molecule has 3 N–H and O–H groups in total. The maximum Gasteiger partial charge on any atom is 0.246 e. The first-order valence-electron chi connectivity index (χ1n) is 13.3. The third-order valence-electron chi connectivity index (χ3n) is 7.18. The maximum absolute atomic E-state index is 14.3. The van der Waals surface area contributed by atoms with Crippen molar-refractivity contribution >= 4 is 50.7 Å². The number of carbonyl (C=O) groups is 2. The van der Waals surface area contributed by atoms with E-state index in [0.717, 1.165) is 5.39 Å². The molecule has 0 radical (unpaired) electrons. The summed E-state index contributed by atoms with van der Waals surface area (Å²) >= 11 is 7.52. The van der Waals surface area contributed by atoms with Gasteiger partial charge in [0.1, 0.15) is 29.8 Å². The maximum atomic E-state index is 14.3. The van der Waals surface area contributed by atoms with E-state index in [4.69, 9.17) is 26.8 Å². The lowest BCUT2D eigenvalue weighted by Gasteiger charge is -2.34. The fraction of sp³-hybridized carbons (Fsp3) is 0.333. The van der Waals surface area contributed by atoms with Crippen LogP contribution in [0.4, 0.5) is 9.52 Å². The fourth-order valence-electron chi connectivity index (χ4n) is 5.05. The van der Waals surface area contributed by atoms with E-state index < -0.39 is 29.5 Å². The van der Waals surface area contributed by atoms with Gasteiger partial charge in [0.25, 0.3) is 0 Å². The van der Waals surface area contributed by atoms with E-state index in [-0.39, 0.29) is 24.7 Å². The van der Waals surface area contributed by atoms with Crippen molar-refractivity contribution in [1.82, 2.24) is 14.9 Å². The van der Waals surface area contributed by atoms with Gasteiger partial charge in [-0.1, -0.05) is 44.5 Å². The number of likely N-dealkylation sites (tertiary alicyclic amines) is 1. The van der Waals surface area contributed by atoms with E-state index in [1.54, 1.807) is 49.0 Å². The number of carbonyl (C=O) groups excluding carboxylic acids is 2. The molecule has 0 unspecified atom stereocenters. The second-order valence-electron chi connectivity index (χ2n) is 11.2. The Bertz CT molecular complexity index is 1640. The second-order valence-corrected chi connectivity index (χ2v) is 12.5. The number of nitrogens with one attached hydrogen (secondary N) is 1. The standard InChI is InChI=1S/C30H31ClFN5O4S/c1-30(2,3)25(36-29-35-22(15-42-29)19-7-5-6-8-21(19)32)28(39)37-14-17(12-23(37)26(33)38)41-27-20-11-16(31)9-10-18(20)24(40-4)13-34-27/h5-11,13,15,17,23,25H,12,14H2,1-4H3,(H2,33,38)(H,35,36)/t17-,23+,25-/m1/s1. The molecule has 42 heavy (non-hydrogen) atoms. The van der Waals surface area contributed by atoms with E-state index in [1.807, 2.05) is 26.8 Å². The first-order chi connectivity index (χ1) is 20.0. The van der Waals surface area contributed by atoms with E-state index in [1.165, 1.54) is 22.3 Å². The number of halogens is 2. The van der Waals surface area contributed by atoms with Crippen LogP contribution in [-0.4, -0.2) is 58.5 Å². The van der Waals surface area contributed by atoms with Gasteiger partial charge in [-0.25, -0.2) is 14.4 Å². The number of nitrogens with two attached hydrogens (primary N) is 1. The van der Waals surface area contributed by atoms with E-state index in [2.05, 4.69) is 15.3 Å². The number of pyridine rings is 1. The van der Waals surface area contributed by atoms with Crippen molar-refractivity contribution in [2.45, 2.75) is 45.4 Å². The molecule has 1 saturated heterocycles. The lowest BCUT2D eigenvalue weighted by Crippen LogP contribution is -2.53. The van der Waals surface area contributed by atoms with Gasteiger partial charge < -0.3 is 25.4 Å². The third kappa shape index (κ3) is 5.98. The molecule has 0 spiro atoms. The number of hydrogen-bond acceptors (Lipinski definition) is 8. The lowest BCUT2D eigenvalue weighted by atomic mass is 9.85. The van der Waals surface area contributed by atoms with Gasteiger partial charge in [-0.05, 0) is 35.7 Å². The Labute approximate surface area is 251 Å². The zero-order valence-corrected chi connectivity index (χ0v) is 25.1. The van der Waals surface area contributed by atoms with Gasteiger partial charge in [0.05, 0.1) is 25.5 Å². The number of hydrogen-bond donors (Lipinski definition) is 2. The molecular weight excluding hydrogens is 581 g/mol. The Morgan fingerprint density at radius 2 is 1.98 bits per heavy atom. The number of ether oxygens (including phenoxy) is 2. The number of fused-ring (bicyclic) bond motifs is 1.